The standard InChI is InChI=1S/C15H22N2O2/c1-9-3-5-12(7-10(9)2)17-14-8-11(15(18)19)4-6-13(14)16/h4,6,8-10,12,17H,3,5,7,16H2,1-2H3,(H,18,19). The molecule has 1 saturated carbocycles. The summed E-state index contributed by atoms with van der Waals surface area (Å²) in [6.45, 7) is 4.57. The number of anilines is 2. The highest BCUT2D eigenvalue weighted by Gasteiger charge is 2.24. The number of hydrogen-bond donors (Lipinski definition) is 3. The molecule has 19 heavy (non-hydrogen) atoms. The Hall–Kier alpha value is -1.71. The Morgan fingerprint density at radius 1 is 1.32 bits per heavy atom. The maximum Gasteiger partial charge on any atom is 0.335 e. The average Bonchev–Trinajstić information content (AvgIpc) is 2.36. The van der Waals surface area contributed by atoms with Crippen LogP contribution in [-0.2, 0) is 0 Å². The highest BCUT2D eigenvalue weighted by atomic mass is 16.4. The van der Waals surface area contributed by atoms with Crippen molar-refractivity contribution < 1.29 is 9.90 Å². The van der Waals surface area contributed by atoms with Crippen LogP contribution in [0, 0.1) is 11.8 Å². The molecule has 0 radical (unpaired) electrons. The summed E-state index contributed by atoms with van der Waals surface area (Å²) in [5.41, 5.74) is 7.54. The van der Waals surface area contributed by atoms with Gasteiger partial charge in [0.25, 0.3) is 0 Å². The van der Waals surface area contributed by atoms with E-state index in [0.717, 1.165) is 24.4 Å². The molecule has 1 aromatic carbocycles. The van der Waals surface area contributed by atoms with Crippen molar-refractivity contribution in [3.05, 3.63) is 23.8 Å². The van der Waals surface area contributed by atoms with Crippen LogP contribution in [0.5, 0.6) is 0 Å². The lowest BCUT2D eigenvalue weighted by Crippen LogP contribution is -2.30. The zero-order valence-electron chi connectivity index (χ0n) is 11.5. The largest absolute Gasteiger partial charge is 0.478 e. The second kappa shape index (κ2) is 5.51. The Balaban J connectivity index is 2.10. The fourth-order valence-corrected chi connectivity index (χ4v) is 2.71. The first kappa shape index (κ1) is 13.7. The number of carbonyl (C=O) groups is 1. The van der Waals surface area contributed by atoms with Crippen molar-refractivity contribution in [2.45, 2.75) is 39.2 Å². The molecular weight excluding hydrogens is 240 g/mol. The Labute approximate surface area is 114 Å². The van der Waals surface area contributed by atoms with Gasteiger partial charge >= 0.3 is 5.97 Å². The van der Waals surface area contributed by atoms with E-state index in [4.69, 9.17) is 10.8 Å². The Morgan fingerprint density at radius 2 is 2.05 bits per heavy atom. The minimum atomic E-state index is -0.923. The molecule has 4 nitrogen and oxygen atoms in total. The number of rotatable bonds is 3. The van der Waals surface area contributed by atoms with E-state index in [0.29, 0.717) is 17.6 Å². The van der Waals surface area contributed by atoms with Gasteiger partial charge in [0.15, 0.2) is 0 Å². The smallest absolute Gasteiger partial charge is 0.335 e. The van der Waals surface area contributed by atoms with Crippen LogP contribution in [0.4, 0.5) is 11.4 Å². The summed E-state index contributed by atoms with van der Waals surface area (Å²) >= 11 is 0. The predicted octanol–water partition coefficient (Wildman–Crippen LogP) is 3.20. The van der Waals surface area contributed by atoms with Crippen molar-refractivity contribution in [1.29, 1.82) is 0 Å². The molecule has 3 atom stereocenters. The molecule has 3 unspecified atom stereocenters. The summed E-state index contributed by atoms with van der Waals surface area (Å²) in [7, 11) is 0. The Morgan fingerprint density at radius 3 is 2.68 bits per heavy atom. The predicted molar refractivity (Wildman–Crippen MR) is 77.4 cm³/mol. The van der Waals surface area contributed by atoms with E-state index in [1.54, 1.807) is 12.1 Å². The second-order valence-electron chi connectivity index (χ2n) is 5.72. The van der Waals surface area contributed by atoms with Gasteiger partial charge in [-0.25, -0.2) is 4.79 Å². The molecule has 0 heterocycles. The van der Waals surface area contributed by atoms with Crippen molar-refractivity contribution in [1.82, 2.24) is 0 Å². The van der Waals surface area contributed by atoms with Crippen molar-refractivity contribution >= 4 is 17.3 Å². The number of carboxylic acids is 1. The molecule has 0 bridgehead atoms. The van der Waals surface area contributed by atoms with E-state index in [2.05, 4.69) is 19.2 Å². The summed E-state index contributed by atoms with van der Waals surface area (Å²) in [5, 5.41) is 12.4. The van der Waals surface area contributed by atoms with Gasteiger partial charge < -0.3 is 16.2 Å². The minimum Gasteiger partial charge on any atom is -0.478 e. The van der Waals surface area contributed by atoms with Crippen LogP contribution < -0.4 is 11.1 Å². The highest BCUT2D eigenvalue weighted by molar-refractivity contribution is 5.90. The third-order valence-corrected chi connectivity index (χ3v) is 4.26. The van der Waals surface area contributed by atoms with Gasteiger partial charge in [-0.1, -0.05) is 13.8 Å². The van der Waals surface area contributed by atoms with Crippen LogP contribution in [0.25, 0.3) is 0 Å². The topological polar surface area (TPSA) is 75.3 Å². The van der Waals surface area contributed by atoms with E-state index in [1.165, 1.54) is 12.5 Å². The highest BCUT2D eigenvalue weighted by Crippen LogP contribution is 2.32. The average molecular weight is 262 g/mol. The zero-order chi connectivity index (χ0) is 14.0. The third-order valence-electron chi connectivity index (χ3n) is 4.26. The van der Waals surface area contributed by atoms with Crippen molar-refractivity contribution in [3.63, 3.8) is 0 Å². The summed E-state index contributed by atoms with van der Waals surface area (Å²) in [4.78, 5) is 11.0. The first-order valence-corrected chi connectivity index (χ1v) is 6.86. The molecule has 0 spiro atoms. The molecule has 104 valence electrons. The van der Waals surface area contributed by atoms with Crippen LogP contribution in [0.15, 0.2) is 18.2 Å². The van der Waals surface area contributed by atoms with Crippen molar-refractivity contribution in [3.8, 4) is 0 Å². The number of aromatic carboxylic acids is 1. The van der Waals surface area contributed by atoms with Crippen LogP contribution in [-0.4, -0.2) is 17.1 Å². The summed E-state index contributed by atoms with van der Waals surface area (Å²) in [6, 6.07) is 5.20. The summed E-state index contributed by atoms with van der Waals surface area (Å²) < 4.78 is 0. The number of carboxylic acid groups (broad SMARTS) is 1. The van der Waals surface area contributed by atoms with Gasteiger partial charge in [-0.2, -0.15) is 0 Å². The zero-order valence-corrected chi connectivity index (χ0v) is 11.5. The Kier molecular flexibility index (Phi) is 3.98. The number of hydrogen-bond acceptors (Lipinski definition) is 3. The molecule has 4 N–H and O–H groups in total. The van der Waals surface area contributed by atoms with Crippen LogP contribution in [0.3, 0.4) is 0 Å². The first-order valence-electron chi connectivity index (χ1n) is 6.86. The maximum atomic E-state index is 11.0. The number of nitrogens with two attached hydrogens (primary N) is 1. The normalized spacial score (nSPS) is 26.9. The van der Waals surface area contributed by atoms with E-state index in [-0.39, 0.29) is 5.56 Å². The second-order valence-corrected chi connectivity index (χ2v) is 5.72. The molecular formula is C15H22N2O2. The fourth-order valence-electron chi connectivity index (χ4n) is 2.71. The molecule has 0 amide bonds. The van der Waals surface area contributed by atoms with Gasteiger partial charge in [0.2, 0.25) is 0 Å². The molecule has 0 aliphatic heterocycles. The van der Waals surface area contributed by atoms with Crippen LogP contribution in [0.2, 0.25) is 0 Å². The van der Waals surface area contributed by atoms with Crippen molar-refractivity contribution in [2.75, 3.05) is 11.1 Å². The fraction of sp³-hybridized carbons (Fsp3) is 0.533. The Bertz CT molecular complexity index is 473. The van der Waals surface area contributed by atoms with E-state index in [1.807, 2.05) is 0 Å². The molecule has 0 aromatic heterocycles. The SMILES string of the molecule is CC1CCC(Nc2cc(C(=O)O)ccc2N)CC1C. The van der Waals surface area contributed by atoms with Crippen LogP contribution in [0.1, 0.15) is 43.5 Å². The molecule has 4 heteroatoms. The van der Waals surface area contributed by atoms with E-state index >= 15 is 0 Å². The first-order chi connectivity index (χ1) is 8.97. The molecule has 1 aromatic rings. The summed E-state index contributed by atoms with van der Waals surface area (Å²) in [6.07, 6.45) is 3.43. The van der Waals surface area contributed by atoms with Gasteiger partial charge in [-0.15, -0.1) is 0 Å². The molecule has 1 fully saturated rings. The van der Waals surface area contributed by atoms with Gasteiger partial charge in [-0.3, -0.25) is 0 Å². The van der Waals surface area contributed by atoms with Crippen LogP contribution >= 0.6 is 0 Å². The monoisotopic (exact) mass is 262 g/mol. The molecule has 1 aliphatic carbocycles. The van der Waals surface area contributed by atoms with Gasteiger partial charge in [0.05, 0.1) is 16.9 Å². The maximum absolute atomic E-state index is 11.0. The molecule has 1 aliphatic rings. The number of nitrogen functional groups attached to an aromatic ring is 1. The number of nitrogens with one attached hydrogen (secondary N) is 1. The molecule has 2 rings (SSSR count). The van der Waals surface area contributed by atoms with E-state index < -0.39 is 5.97 Å². The van der Waals surface area contributed by atoms with Gasteiger partial charge in [-0.05, 0) is 49.3 Å². The number of benzene rings is 1. The third kappa shape index (κ3) is 3.19. The lowest BCUT2D eigenvalue weighted by atomic mass is 9.79. The quantitative estimate of drug-likeness (QED) is 0.731. The lowest BCUT2D eigenvalue weighted by molar-refractivity contribution is 0.0697. The van der Waals surface area contributed by atoms with Crippen molar-refractivity contribution in [2.24, 2.45) is 11.8 Å². The van der Waals surface area contributed by atoms with Gasteiger partial charge in [0, 0.05) is 6.04 Å². The van der Waals surface area contributed by atoms with E-state index in [9.17, 15) is 4.79 Å². The van der Waals surface area contributed by atoms with Gasteiger partial charge in [0.1, 0.15) is 0 Å². The lowest BCUT2D eigenvalue weighted by Gasteiger charge is -2.33. The molecule has 0 saturated heterocycles. The summed E-state index contributed by atoms with van der Waals surface area (Å²) in [5.74, 6) is 0.532. The minimum absolute atomic E-state index is 0.272.